The summed E-state index contributed by atoms with van der Waals surface area (Å²) in [4.78, 5) is 12.4. The molecule has 1 aromatic heterocycles. The number of aromatic nitrogens is 3. The van der Waals surface area contributed by atoms with E-state index in [1.165, 1.54) is 0 Å². The summed E-state index contributed by atoms with van der Waals surface area (Å²) in [5.41, 5.74) is 6.49. The Labute approximate surface area is 257 Å². The van der Waals surface area contributed by atoms with E-state index in [0.717, 1.165) is 77.5 Å². The Balaban J connectivity index is 1.38. The number of aliphatic carboxylic acids is 1. The van der Waals surface area contributed by atoms with E-state index in [9.17, 15) is 18.3 Å². The molecule has 0 fully saturated rings. The molecule has 9 nitrogen and oxygen atoms in total. The van der Waals surface area contributed by atoms with Gasteiger partial charge in [0.2, 0.25) is 10.0 Å². The van der Waals surface area contributed by atoms with Crippen molar-refractivity contribution in [3.8, 4) is 5.75 Å². The number of carboxylic acid groups (broad SMARTS) is 1. The van der Waals surface area contributed by atoms with Gasteiger partial charge in [-0.1, -0.05) is 55.0 Å². The molecular weight excluding hydrogens is 576 g/mol. The molecule has 10 heteroatoms. The fraction of sp³-hybridized carbons (Fsp3) is 0.441. The van der Waals surface area contributed by atoms with Crippen LogP contribution in [-0.2, 0) is 27.8 Å². The Hall–Kier alpha value is -3.76. The predicted octanol–water partition coefficient (Wildman–Crippen LogP) is 6.00. The van der Waals surface area contributed by atoms with E-state index in [0.29, 0.717) is 18.1 Å². The third-order valence-electron chi connectivity index (χ3n) is 9.87. The third-order valence-corrected chi connectivity index (χ3v) is 11.8. The predicted molar refractivity (Wildman–Crippen MR) is 166 cm³/mol. The van der Waals surface area contributed by atoms with Crippen molar-refractivity contribution in [1.82, 2.24) is 19.3 Å². The van der Waals surface area contributed by atoms with Gasteiger partial charge in [-0.15, -0.1) is 5.10 Å². The standard InChI is InChI=1S/C34H38N4O5S/c1-21-6-5-7-25-20-38(44(41,42)32-9-4-3-8-31(32)43-25)29-14-12-23-10-11-24(18-28(23)29)27(19-33(39)40)26-13-15-30-34(22(26)2)35-36-37(30)17-16-21/h3-4,8-11,13,15,18,21,25,27,29H,5-7,12,14,16-17,19-20H2,1-2H3,(H,39,40)/t21-,25?,27?,29?/m0/s1. The van der Waals surface area contributed by atoms with E-state index < -0.39 is 21.9 Å². The smallest absolute Gasteiger partial charge is 0.304 e. The van der Waals surface area contributed by atoms with Crippen molar-refractivity contribution in [2.24, 2.45) is 5.92 Å². The zero-order valence-corrected chi connectivity index (χ0v) is 26.0. The van der Waals surface area contributed by atoms with Crippen LogP contribution in [0.4, 0.5) is 0 Å². The number of aryl methyl sites for hydroxylation is 3. The molecular formula is C34H38N4O5S. The van der Waals surface area contributed by atoms with Gasteiger partial charge in [-0.3, -0.25) is 4.79 Å². The van der Waals surface area contributed by atoms with Gasteiger partial charge in [0, 0.05) is 12.5 Å². The largest absolute Gasteiger partial charge is 0.488 e. The molecule has 0 amide bonds. The maximum absolute atomic E-state index is 14.3. The van der Waals surface area contributed by atoms with E-state index in [2.05, 4.69) is 29.4 Å². The highest BCUT2D eigenvalue weighted by Crippen LogP contribution is 2.44. The minimum absolute atomic E-state index is 0.0905. The van der Waals surface area contributed by atoms with Crippen molar-refractivity contribution in [2.45, 2.75) is 88.3 Å². The average molecular weight is 615 g/mol. The highest BCUT2D eigenvalue weighted by molar-refractivity contribution is 7.89. The molecule has 4 unspecified atom stereocenters. The summed E-state index contributed by atoms with van der Waals surface area (Å²) in [6.45, 7) is 5.25. The van der Waals surface area contributed by atoms with Gasteiger partial charge in [0.1, 0.15) is 22.3 Å². The summed E-state index contributed by atoms with van der Waals surface area (Å²) in [6.07, 6.45) is 4.66. The Morgan fingerprint density at radius 3 is 2.73 bits per heavy atom. The number of carbonyl (C=O) groups is 1. The zero-order valence-electron chi connectivity index (χ0n) is 25.1. The number of para-hydroxylation sites is 1. The lowest BCUT2D eigenvalue weighted by atomic mass is 9.84. The van der Waals surface area contributed by atoms with Crippen molar-refractivity contribution >= 4 is 27.0 Å². The van der Waals surface area contributed by atoms with Crippen LogP contribution < -0.4 is 4.74 Å². The van der Waals surface area contributed by atoms with Gasteiger partial charge >= 0.3 is 5.97 Å². The number of hydrogen-bond acceptors (Lipinski definition) is 6. The third kappa shape index (κ3) is 5.07. The number of carboxylic acids is 1. The maximum Gasteiger partial charge on any atom is 0.304 e. The summed E-state index contributed by atoms with van der Waals surface area (Å²) in [6, 6.07) is 16.8. The number of fused-ring (bicyclic) bond motifs is 7. The normalized spacial score (nSPS) is 26.3. The molecule has 0 spiro atoms. The van der Waals surface area contributed by atoms with Crippen molar-refractivity contribution < 1.29 is 23.1 Å². The van der Waals surface area contributed by atoms with Gasteiger partial charge in [0.25, 0.3) is 0 Å². The van der Waals surface area contributed by atoms with Gasteiger partial charge in [-0.25, -0.2) is 13.1 Å². The lowest BCUT2D eigenvalue weighted by molar-refractivity contribution is -0.137. The second-order valence-electron chi connectivity index (χ2n) is 12.7. The maximum atomic E-state index is 14.3. The molecule has 230 valence electrons. The van der Waals surface area contributed by atoms with Crippen LogP contribution in [0.15, 0.2) is 59.5 Å². The Morgan fingerprint density at radius 1 is 1.05 bits per heavy atom. The summed E-state index contributed by atoms with van der Waals surface area (Å²) < 4.78 is 38.6. The van der Waals surface area contributed by atoms with Crippen LogP contribution in [0, 0.1) is 12.8 Å². The molecule has 44 heavy (non-hydrogen) atoms. The molecule has 3 aromatic carbocycles. The van der Waals surface area contributed by atoms with Crippen LogP contribution in [0.5, 0.6) is 5.75 Å². The lowest BCUT2D eigenvalue weighted by Gasteiger charge is -2.30. The van der Waals surface area contributed by atoms with Crippen LogP contribution in [0.3, 0.4) is 0 Å². The molecule has 1 N–H and O–H groups in total. The van der Waals surface area contributed by atoms with Crippen molar-refractivity contribution in [3.05, 3.63) is 82.4 Å². The van der Waals surface area contributed by atoms with Crippen molar-refractivity contribution in [2.75, 3.05) is 6.54 Å². The Morgan fingerprint density at radius 2 is 1.89 bits per heavy atom. The summed E-state index contributed by atoms with van der Waals surface area (Å²) in [5, 5.41) is 19.0. The van der Waals surface area contributed by atoms with Gasteiger partial charge in [0.15, 0.2) is 0 Å². The zero-order chi connectivity index (χ0) is 30.6. The SMILES string of the molecule is Cc1c2ccc3c1nnn3CC[C@@H](C)CCCC1CN(C3CCc4ccc(cc43)C2CC(=O)O)S(=O)(=O)c2ccccc2O1. The molecule has 8 bridgehead atoms. The minimum atomic E-state index is -3.85. The average Bonchev–Trinajstić information content (AvgIpc) is 3.59. The van der Waals surface area contributed by atoms with Gasteiger partial charge in [0.05, 0.1) is 24.5 Å². The molecule has 4 heterocycles. The van der Waals surface area contributed by atoms with E-state index in [-0.39, 0.29) is 30.0 Å². The minimum Gasteiger partial charge on any atom is -0.488 e. The number of rotatable bonds is 2. The van der Waals surface area contributed by atoms with Crippen LogP contribution in [0.1, 0.15) is 85.2 Å². The number of hydrogen-bond donors (Lipinski definition) is 1. The number of benzene rings is 3. The monoisotopic (exact) mass is 614 g/mol. The Bertz CT molecular complexity index is 1850. The molecule has 3 aliphatic heterocycles. The molecule has 4 aromatic rings. The molecule has 8 rings (SSSR count). The first-order chi connectivity index (χ1) is 21.2. The summed E-state index contributed by atoms with van der Waals surface area (Å²) >= 11 is 0. The summed E-state index contributed by atoms with van der Waals surface area (Å²) in [5.74, 6) is -0.465. The highest BCUT2D eigenvalue weighted by Gasteiger charge is 2.42. The van der Waals surface area contributed by atoms with Crippen LogP contribution in [0.25, 0.3) is 11.0 Å². The van der Waals surface area contributed by atoms with Crippen molar-refractivity contribution in [1.29, 1.82) is 0 Å². The molecule has 0 radical (unpaired) electrons. The van der Waals surface area contributed by atoms with Gasteiger partial charge < -0.3 is 9.84 Å². The second-order valence-corrected chi connectivity index (χ2v) is 14.6. The Kier molecular flexibility index (Phi) is 7.45. The van der Waals surface area contributed by atoms with Gasteiger partial charge in [-0.05, 0) is 91.0 Å². The number of sulfonamides is 1. The highest BCUT2D eigenvalue weighted by atomic mass is 32.2. The van der Waals surface area contributed by atoms with Crippen LogP contribution >= 0.6 is 0 Å². The first kappa shape index (κ1) is 29.0. The first-order valence-electron chi connectivity index (χ1n) is 15.7. The van der Waals surface area contributed by atoms with E-state index in [4.69, 9.17) is 4.74 Å². The molecule has 5 atom stereocenters. The van der Waals surface area contributed by atoms with E-state index in [1.807, 2.05) is 35.9 Å². The fourth-order valence-electron chi connectivity index (χ4n) is 7.45. The number of ether oxygens (including phenoxy) is 1. The van der Waals surface area contributed by atoms with Gasteiger partial charge in [-0.2, -0.15) is 4.31 Å². The van der Waals surface area contributed by atoms with Crippen molar-refractivity contribution in [3.63, 3.8) is 0 Å². The first-order valence-corrected chi connectivity index (χ1v) is 17.1. The fourth-order valence-corrected chi connectivity index (χ4v) is 9.24. The topological polar surface area (TPSA) is 115 Å². The molecule has 4 aliphatic rings. The molecule has 1 aliphatic carbocycles. The van der Waals surface area contributed by atoms with E-state index >= 15 is 0 Å². The lowest BCUT2D eigenvalue weighted by Crippen LogP contribution is -2.39. The summed E-state index contributed by atoms with van der Waals surface area (Å²) in [7, 11) is -3.85. The van der Waals surface area contributed by atoms with Crippen LogP contribution in [-0.4, -0.2) is 51.4 Å². The van der Waals surface area contributed by atoms with Crippen LogP contribution in [0.2, 0.25) is 0 Å². The quantitative estimate of drug-likeness (QED) is 0.295. The number of nitrogens with zero attached hydrogens (tertiary/aromatic N) is 4. The molecule has 0 saturated heterocycles. The van der Waals surface area contributed by atoms with E-state index in [1.54, 1.807) is 22.5 Å². The molecule has 0 saturated carbocycles. The second kappa shape index (κ2) is 11.3.